The summed E-state index contributed by atoms with van der Waals surface area (Å²) in [6, 6.07) is 4.38. The first-order chi connectivity index (χ1) is 17.6. The molecule has 3 fully saturated rings. The lowest BCUT2D eigenvalue weighted by molar-refractivity contribution is -0.193. The number of nitrogens with one attached hydrogen (secondary N) is 1. The van der Waals surface area contributed by atoms with Crippen LogP contribution in [-0.4, -0.2) is 87.7 Å². The zero-order valence-corrected chi connectivity index (χ0v) is 20.2. The number of alkyl halides is 6. The van der Waals surface area contributed by atoms with E-state index in [9.17, 15) is 31.1 Å². The molecule has 2 atom stereocenters. The second-order valence-electron chi connectivity index (χ2n) is 9.18. The zero-order chi connectivity index (χ0) is 28.6. The van der Waals surface area contributed by atoms with Gasteiger partial charge < -0.3 is 20.3 Å². The molecule has 1 aromatic heterocycles. The van der Waals surface area contributed by atoms with Gasteiger partial charge >= 0.3 is 24.3 Å². The van der Waals surface area contributed by atoms with Gasteiger partial charge in [-0.05, 0) is 50.7 Å². The molecule has 2 aliphatic heterocycles. The van der Waals surface area contributed by atoms with Gasteiger partial charge in [0.1, 0.15) is 0 Å². The molecular formula is C23H29F6N3O6. The van der Waals surface area contributed by atoms with Crippen LogP contribution >= 0.6 is 0 Å². The van der Waals surface area contributed by atoms with Gasteiger partial charge in [-0.2, -0.15) is 26.3 Å². The molecule has 0 aromatic carbocycles. The first-order valence-electron chi connectivity index (χ1n) is 11.8. The Morgan fingerprint density at radius 1 is 1.03 bits per heavy atom. The van der Waals surface area contributed by atoms with Crippen molar-refractivity contribution >= 4 is 17.8 Å². The van der Waals surface area contributed by atoms with E-state index in [1.807, 2.05) is 0 Å². The van der Waals surface area contributed by atoms with Crippen molar-refractivity contribution in [3.8, 4) is 0 Å². The first kappa shape index (κ1) is 31.3. The maximum Gasteiger partial charge on any atom is 0.490 e. The van der Waals surface area contributed by atoms with Gasteiger partial charge in [0.05, 0.1) is 17.3 Å². The Morgan fingerprint density at radius 2 is 1.63 bits per heavy atom. The van der Waals surface area contributed by atoms with E-state index in [-0.39, 0.29) is 17.6 Å². The molecule has 1 spiro atoms. The number of rotatable bonds is 4. The molecule has 3 aliphatic rings. The van der Waals surface area contributed by atoms with Gasteiger partial charge in [0.15, 0.2) is 0 Å². The highest BCUT2D eigenvalue weighted by Crippen LogP contribution is 2.39. The summed E-state index contributed by atoms with van der Waals surface area (Å²) in [5.41, 5.74) is 0.650. The summed E-state index contributed by atoms with van der Waals surface area (Å²) >= 11 is 0. The molecule has 0 radical (unpaired) electrons. The Labute approximate surface area is 214 Å². The number of carbonyl (C=O) groups is 3. The molecule has 3 heterocycles. The number of halogens is 6. The van der Waals surface area contributed by atoms with Crippen LogP contribution < -0.4 is 5.32 Å². The summed E-state index contributed by atoms with van der Waals surface area (Å²) in [4.78, 5) is 36.6. The van der Waals surface area contributed by atoms with E-state index in [0.717, 1.165) is 25.4 Å². The molecule has 1 saturated carbocycles. The lowest BCUT2D eigenvalue weighted by Gasteiger charge is -2.41. The van der Waals surface area contributed by atoms with E-state index in [4.69, 9.17) is 24.5 Å². The minimum atomic E-state index is -5.08. The van der Waals surface area contributed by atoms with Crippen LogP contribution in [0.4, 0.5) is 26.3 Å². The van der Waals surface area contributed by atoms with Crippen molar-refractivity contribution < 1.29 is 55.7 Å². The molecule has 2 saturated heterocycles. The fourth-order valence-electron chi connectivity index (χ4n) is 4.31. The summed E-state index contributed by atoms with van der Waals surface area (Å²) in [5, 5.41) is 17.3. The van der Waals surface area contributed by atoms with E-state index < -0.39 is 24.3 Å². The lowest BCUT2D eigenvalue weighted by atomic mass is 9.89. The summed E-state index contributed by atoms with van der Waals surface area (Å²) in [6.45, 7) is 2.86. The largest absolute Gasteiger partial charge is 0.490 e. The van der Waals surface area contributed by atoms with Crippen molar-refractivity contribution in [3.63, 3.8) is 0 Å². The predicted octanol–water partition coefficient (Wildman–Crippen LogP) is 3.64. The average Bonchev–Trinajstić information content (AvgIpc) is 3.18. The van der Waals surface area contributed by atoms with Gasteiger partial charge in [-0.25, -0.2) is 9.59 Å². The number of hydrogen-bond acceptors (Lipinski definition) is 6. The molecule has 4 rings (SSSR count). The number of aromatic nitrogens is 1. The van der Waals surface area contributed by atoms with Crippen LogP contribution in [0.25, 0.3) is 0 Å². The molecule has 38 heavy (non-hydrogen) atoms. The van der Waals surface area contributed by atoms with Gasteiger partial charge in [0.2, 0.25) is 0 Å². The number of pyridine rings is 1. The molecule has 1 aliphatic carbocycles. The number of hydrogen-bond donors (Lipinski definition) is 3. The fourth-order valence-corrected chi connectivity index (χ4v) is 4.31. The van der Waals surface area contributed by atoms with Crippen molar-refractivity contribution in [3.05, 3.63) is 30.1 Å². The molecule has 1 aromatic rings. The Kier molecular flexibility index (Phi) is 10.9. The maximum atomic E-state index is 12.2. The summed E-state index contributed by atoms with van der Waals surface area (Å²) < 4.78 is 70.0. The molecule has 214 valence electrons. The topological polar surface area (TPSA) is 129 Å². The summed E-state index contributed by atoms with van der Waals surface area (Å²) in [7, 11) is 0. The van der Waals surface area contributed by atoms with E-state index >= 15 is 0 Å². The van der Waals surface area contributed by atoms with Gasteiger partial charge in [-0.3, -0.25) is 14.7 Å². The van der Waals surface area contributed by atoms with Crippen LogP contribution in [0, 0.1) is 0 Å². The molecule has 3 N–H and O–H groups in total. The highest BCUT2D eigenvalue weighted by molar-refractivity contribution is 5.93. The Balaban J connectivity index is 0.000000301. The molecule has 0 bridgehead atoms. The molecular weight excluding hydrogens is 528 g/mol. The third-order valence-electron chi connectivity index (χ3n) is 6.41. The number of amides is 1. The molecule has 15 heteroatoms. The zero-order valence-electron chi connectivity index (χ0n) is 20.2. The molecule has 9 nitrogen and oxygen atoms in total. The van der Waals surface area contributed by atoms with Crippen LogP contribution in [0.15, 0.2) is 24.5 Å². The van der Waals surface area contributed by atoms with Gasteiger partial charge in [-0.1, -0.05) is 6.42 Å². The second kappa shape index (κ2) is 13.2. The van der Waals surface area contributed by atoms with E-state index in [1.165, 1.54) is 38.6 Å². The Bertz CT molecular complexity index is 918. The highest BCUT2D eigenvalue weighted by atomic mass is 19.4. The molecule has 1 amide bonds. The number of nitrogens with zero attached hydrogens (tertiary/aromatic N) is 2. The first-order valence-corrected chi connectivity index (χ1v) is 11.8. The Morgan fingerprint density at radius 3 is 2.11 bits per heavy atom. The minimum Gasteiger partial charge on any atom is -0.475 e. The van der Waals surface area contributed by atoms with Gasteiger partial charge in [0.25, 0.3) is 5.91 Å². The minimum absolute atomic E-state index is 0.0392. The van der Waals surface area contributed by atoms with Crippen LogP contribution in [0.5, 0.6) is 0 Å². The quantitative estimate of drug-likeness (QED) is 0.479. The highest BCUT2D eigenvalue weighted by Gasteiger charge is 2.45. The second-order valence-corrected chi connectivity index (χ2v) is 9.18. The number of ether oxygens (including phenoxy) is 1. The third kappa shape index (κ3) is 9.74. The lowest BCUT2D eigenvalue weighted by Crippen LogP contribution is -2.48. The number of aliphatic carboxylic acids is 2. The van der Waals surface area contributed by atoms with Gasteiger partial charge in [0, 0.05) is 38.1 Å². The van der Waals surface area contributed by atoms with Crippen LogP contribution in [0.1, 0.15) is 55.3 Å². The number of likely N-dealkylation sites (tertiary alicyclic amines) is 1. The standard InChI is InChI=1S/C19H27N3O2.2C2HF3O2/c23-18(15-4-3-10-20-12-15)21-13-17-7-2-8-19(24-17)9-11-22(14-19)16-5-1-6-16;2*3-2(4,5)1(6)7/h3-4,10,12,16-17H,1-2,5-9,11,13-14H2,(H,21,23);2*(H,6,7)/t17-,19-;;/m1../s1. The van der Waals surface area contributed by atoms with Crippen molar-refractivity contribution in [1.29, 1.82) is 0 Å². The number of carboxylic acids is 2. The summed E-state index contributed by atoms with van der Waals surface area (Å²) in [5.74, 6) is -5.58. The normalized spacial score (nSPS) is 23.8. The maximum absolute atomic E-state index is 12.2. The number of carboxylic acid groups (broad SMARTS) is 2. The van der Waals surface area contributed by atoms with Crippen molar-refractivity contribution in [2.45, 2.75) is 75.0 Å². The monoisotopic (exact) mass is 557 g/mol. The Hall–Kier alpha value is -2.94. The third-order valence-corrected chi connectivity index (χ3v) is 6.41. The van der Waals surface area contributed by atoms with E-state index in [2.05, 4.69) is 15.2 Å². The van der Waals surface area contributed by atoms with Crippen LogP contribution in [0.3, 0.4) is 0 Å². The van der Waals surface area contributed by atoms with E-state index in [1.54, 1.807) is 24.5 Å². The fraction of sp³-hybridized carbons (Fsp3) is 0.652. The van der Waals surface area contributed by atoms with Crippen LogP contribution in [0.2, 0.25) is 0 Å². The summed E-state index contributed by atoms with van der Waals surface area (Å²) in [6.07, 6.45) is 1.93. The predicted molar refractivity (Wildman–Crippen MR) is 119 cm³/mol. The number of carbonyl (C=O) groups excluding carboxylic acids is 1. The SMILES string of the molecule is O=C(NC[C@H]1CCC[C@]2(CCN(C3CCC3)C2)O1)c1cccnc1.O=C(O)C(F)(F)F.O=C(O)C(F)(F)F. The van der Waals surface area contributed by atoms with Crippen LogP contribution in [-0.2, 0) is 14.3 Å². The van der Waals surface area contributed by atoms with Gasteiger partial charge in [-0.15, -0.1) is 0 Å². The smallest absolute Gasteiger partial charge is 0.475 e. The average molecular weight is 557 g/mol. The van der Waals surface area contributed by atoms with Crippen molar-refractivity contribution in [2.75, 3.05) is 19.6 Å². The van der Waals surface area contributed by atoms with Crippen molar-refractivity contribution in [1.82, 2.24) is 15.2 Å². The van der Waals surface area contributed by atoms with Crippen molar-refractivity contribution in [2.24, 2.45) is 0 Å². The molecule has 0 unspecified atom stereocenters. The van der Waals surface area contributed by atoms with E-state index in [0.29, 0.717) is 12.1 Å².